The maximum absolute atomic E-state index is 5.87. The number of aryl methyl sites for hydroxylation is 3. The average Bonchev–Trinajstić information content (AvgIpc) is 2.77. The Morgan fingerprint density at radius 1 is 1.24 bits per heavy atom. The second-order valence-corrected chi connectivity index (χ2v) is 5.16. The van der Waals surface area contributed by atoms with Crippen LogP contribution in [-0.2, 0) is 6.42 Å². The third-order valence-electron chi connectivity index (χ3n) is 3.37. The van der Waals surface area contributed by atoms with E-state index in [-0.39, 0.29) is 0 Å². The predicted molar refractivity (Wildman–Crippen MR) is 85.6 cm³/mol. The lowest BCUT2D eigenvalue weighted by Gasteiger charge is -2.06. The normalized spacial score (nSPS) is 11.7. The van der Waals surface area contributed by atoms with E-state index in [0.717, 1.165) is 30.0 Å². The Labute approximate surface area is 125 Å². The lowest BCUT2D eigenvalue weighted by Crippen LogP contribution is -2.22. The van der Waals surface area contributed by atoms with Crippen molar-refractivity contribution in [2.24, 2.45) is 10.7 Å². The summed E-state index contributed by atoms with van der Waals surface area (Å²) in [5.74, 6) is 1.33. The fourth-order valence-electron chi connectivity index (χ4n) is 2.14. The molecule has 0 aliphatic rings. The first-order valence-electron chi connectivity index (χ1n) is 7.11. The molecule has 5 heteroatoms. The van der Waals surface area contributed by atoms with E-state index in [1.54, 1.807) is 0 Å². The zero-order valence-corrected chi connectivity index (χ0v) is 12.8. The number of anilines is 1. The number of nitrogens with zero attached hydrogens (tertiary/aromatic N) is 2. The van der Waals surface area contributed by atoms with Crippen molar-refractivity contribution in [2.45, 2.75) is 33.6 Å². The van der Waals surface area contributed by atoms with Crippen LogP contribution in [0.5, 0.6) is 0 Å². The SMILES string of the molecule is Cc1ccc(NC(N)=NCCCc2c(C)noc2C)cc1. The number of aliphatic imine (C=N–C) groups is 1. The second kappa shape index (κ2) is 6.92. The molecule has 0 unspecified atom stereocenters. The van der Waals surface area contributed by atoms with E-state index in [4.69, 9.17) is 10.3 Å². The molecule has 0 aliphatic carbocycles. The molecule has 21 heavy (non-hydrogen) atoms. The molecule has 0 fully saturated rings. The highest BCUT2D eigenvalue weighted by atomic mass is 16.5. The van der Waals surface area contributed by atoms with Gasteiger partial charge in [0.2, 0.25) is 0 Å². The third kappa shape index (κ3) is 4.34. The van der Waals surface area contributed by atoms with Crippen LogP contribution in [0.4, 0.5) is 5.69 Å². The van der Waals surface area contributed by atoms with Gasteiger partial charge in [-0.05, 0) is 45.7 Å². The highest BCUT2D eigenvalue weighted by Crippen LogP contribution is 2.14. The van der Waals surface area contributed by atoms with Gasteiger partial charge in [-0.1, -0.05) is 22.9 Å². The number of benzene rings is 1. The summed E-state index contributed by atoms with van der Waals surface area (Å²) in [6, 6.07) is 8.04. The summed E-state index contributed by atoms with van der Waals surface area (Å²) in [4.78, 5) is 4.33. The van der Waals surface area contributed by atoms with Crippen molar-refractivity contribution < 1.29 is 4.52 Å². The first-order valence-corrected chi connectivity index (χ1v) is 7.11. The van der Waals surface area contributed by atoms with Gasteiger partial charge in [-0.15, -0.1) is 0 Å². The molecule has 0 amide bonds. The average molecular weight is 286 g/mol. The summed E-state index contributed by atoms with van der Waals surface area (Å²) in [5, 5.41) is 7.03. The number of nitrogens with two attached hydrogens (primary N) is 1. The minimum absolute atomic E-state index is 0.442. The van der Waals surface area contributed by atoms with Gasteiger partial charge >= 0.3 is 0 Å². The summed E-state index contributed by atoms with van der Waals surface area (Å²) < 4.78 is 5.14. The largest absolute Gasteiger partial charge is 0.370 e. The minimum Gasteiger partial charge on any atom is -0.370 e. The molecular weight excluding hydrogens is 264 g/mol. The molecule has 0 bridgehead atoms. The molecule has 112 valence electrons. The summed E-state index contributed by atoms with van der Waals surface area (Å²) in [6.07, 6.45) is 1.82. The van der Waals surface area contributed by atoms with Crippen molar-refractivity contribution >= 4 is 11.6 Å². The molecule has 0 saturated heterocycles. The van der Waals surface area contributed by atoms with Gasteiger partial charge < -0.3 is 15.6 Å². The quantitative estimate of drug-likeness (QED) is 0.503. The molecule has 1 aromatic heterocycles. The van der Waals surface area contributed by atoms with Gasteiger partial charge in [0.1, 0.15) is 5.76 Å². The molecule has 1 aromatic carbocycles. The van der Waals surface area contributed by atoms with Crippen molar-refractivity contribution in [3.05, 3.63) is 46.8 Å². The Hall–Kier alpha value is -2.30. The van der Waals surface area contributed by atoms with E-state index in [1.807, 2.05) is 38.1 Å². The second-order valence-electron chi connectivity index (χ2n) is 5.16. The first-order chi connectivity index (χ1) is 10.1. The molecule has 0 aliphatic heterocycles. The zero-order valence-electron chi connectivity index (χ0n) is 12.8. The third-order valence-corrected chi connectivity index (χ3v) is 3.37. The molecule has 1 heterocycles. The first kappa shape index (κ1) is 15.1. The zero-order chi connectivity index (χ0) is 15.2. The topological polar surface area (TPSA) is 76.4 Å². The maximum Gasteiger partial charge on any atom is 0.193 e. The van der Waals surface area contributed by atoms with E-state index in [0.29, 0.717) is 12.5 Å². The number of aromatic nitrogens is 1. The smallest absolute Gasteiger partial charge is 0.193 e. The van der Waals surface area contributed by atoms with Gasteiger partial charge in [0.25, 0.3) is 0 Å². The number of rotatable bonds is 5. The fraction of sp³-hybridized carbons (Fsp3) is 0.375. The lowest BCUT2D eigenvalue weighted by molar-refractivity contribution is 0.392. The van der Waals surface area contributed by atoms with Gasteiger partial charge in [-0.3, -0.25) is 4.99 Å². The van der Waals surface area contributed by atoms with Gasteiger partial charge in [-0.25, -0.2) is 0 Å². The van der Waals surface area contributed by atoms with Crippen molar-refractivity contribution in [3.63, 3.8) is 0 Å². The Morgan fingerprint density at radius 3 is 2.57 bits per heavy atom. The Bertz CT molecular complexity index is 594. The standard InChI is InChI=1S/C16H22N4O/c1-11-6-8-14(9-7-11)19-16(17)18-10-4-5-15-12(2)20-21-13(15)3/h6-9H,4-5,10H2,1-3H3,(H3,17,18,19). The molecule has 5 nitrogen and oxygen atoms in total. The monoisotopic (exact) mass is 286 g/mol. The number of hydrogen-bond acceptors (Lipinski definition) is 3. The van der Waals surface area contributed by atoms with Gasteiger partial charge in [0, 0.05) is 17.8 Å². The molecule has 2 aromatic rings. The van der Waals surface area contributed by atoms with E-state index in [1.165, 1.54) is 11.1 Å². The van der Waals surface area contributed by atoms with E-state index >= 15 is 0 Å². The molecule has 3 N–H and O–H groups in total. The van der Waals surface area contributed by atoms with E-state index in [2.05, 4.69) is 22.4 Å². The van der Waals surface area contributed by atoms with Gasteiger partial charge in [0.05, 0.1) is 5.69 Å². The van der Waals surface area contributed by atoms with Crippen LogP contribution in [0.15, 0.2) is 33.8 Å². The Morgan fingerprint density at radius 2 is 1.95 bits per heavy atom. The molecule has 0 spiro atoms. The van der Waals surface area contributed by atoms with E-state index in [9.17, 15) is 0 Å². The predicted octanol–water partition coefficient (Wildman–Crippen LogP) is 2.96. The fourth-order valence-corrected chi connectivity index (χ4v) is 2.14. The van der Waals surface area contributed by atoms with Crippen LogP contribution in [-0.4, -0.2) is 17.7 Å². The van der Waals surface area contributed by atoms with Crippen LogP contribution in [0.25, 0.3) is 0 Å². The molecule has 0 radical (unpaired) electrons. The Kier molecular flexibility index (Phi) is 4.98. The molecule has 0 saturated carbocycles. The molecule has 0 atom stereocenters. The summed E-state index contributed by atoms with van der Waals surface area (Å²) in [5.41, 5.74) is 10.2. The van der Waals surface area contributed by atoms with Gasteiger partial charge in [-0.2, -0.15) is 0 Å². The number of guanidine groups is 1. The van der Waals surface area contributed by atoms with E-state index < -0.39 is 0 Å². The summed E-state index contributed by atoms with van der Waals surface area (Å²) in [6.45, 7) is 6.62. The minimum atomic E-state index is 0.442. The highest BCUT2D eigenvalue weighted by Gasteiger charge is 2.07. The lowest BCUT2D eigenvalue weighted by atomic mass is 10.1. The van der Waals surface area contributed by atoms with Crippen molar-refractivity contribution in [1.29, 1.82) is 0 Å². The maximum atomic E-state index is 5.87. The van der Waals surface area contributed by atoms with Crippen LogP contribution in [0.3, 0.4) is 0 Å². The van der Waals surface area contributed by atoms with Crippen LogP contribution in [0, 0.1) is 20.8 Å². The van der Waals surface area contributed by atoms with Crippen LogP contribution in [0.1, 0.15) is 29.0 Å². The number of nitrogens with one attached hydrogen (secondary N) is 1. The van der Waals surface area contributed by atoms with Crippen molar-refractivity contribution in [2.75, 3.05) is 11.9 Å². The van der Waals surface area contributed by atoms with Crippen LogP contribution >= 0.6 is 0 Å². The summed E-state index contributed by atoms with van der Waals surface area (Å²) >= 11 is 0. The Balaban J connectivity index is 1.80. The molecular formula is C16H22N4O. The van der Waals surface area contributed by atoms with Crippen molar-refractivity contribution in [3.8, 4) is 0 Å². The number of hydrogen-bond donors (Lipinski definition) is 2. The van der Waals surface area contributed by atoms with Crippen molar-refractivity contribution in [1.82, 2.24) is 5.16 Å². The molecule has 2 rings (SSSR count). The summed E-state index contributed by atoms with van der Waals surface area (Å²) in [7, 11) is 0. The highest BCUT2D eigenvalue weighted by molar-refractivity contribution is 5.92. The van der Waals surface area contributed by atoms with Gasteiger partial charge in [0.15, 0.2) is 5.96 Å². The van der Waals surface area contributed by atoms with Crippen LogP contribution in [0.2, 0.25) is 0 Å². The van der Waals surface area contributed by atoms with Crippen LogP contribution < -0.4 is 11.1 Å².